The molecule has 0 bridgehead atoms. The SMILES string of the molecule is COC(C)c1cccc(Cn2cc(-c3cc(-c4cccc(C#N)c4)nc(NC4CCCC4)n3)nn2)n1. The molecule has 1 aliphatic rings. The molecule has 9 heteroatoms. The van der Waals surface area contributed by atoms with Gasteiger partial charge in [0.15, 0.2) is 0 Å². The van der Waals surface area contributed by atoms with Crippen LogP contribution in [0, 0.1) is 11.3 Å². The fraction of sp³-hybridized carbons (Fsp3) is 0.333. The van der Waals surface area contributed by atoms with Crippen LogP contribution in [0.5, 0.6) is 0 Å². The Hall–Kier alpha value is -4.16. The highest BCUT2D eigenvalue weighted by Crippen LogP contribution is 2.27. The predicted molar refractivity (Wildman–Crippen MR) is 136 cm³/mol. The summed E-state index contributed by atoms with van der Waals surface area (Å²) in [5.74, 6) is 0.564. The molecule has 9 nitrogen and oxygen atoms in total. The van der Waals surface area contributed by atoms with E-state index in [-0.39, 0.29) is 6.10 Å². The van der Waals surface area contributed by atoms with Crippen LogP contribution in [0.15, 0.2) is 54.7 Å². The third-order valence-corrected chi connectivity index (χ3v) is 6.43. The number of aromatic nitrogens is 6. The summed E-state index contributed by atoms with van der Waals surface area (Å²) in [5.41, 5.74) is 5.23. The molecule has 5 rings (SSSR count). The topological polar surface area (TPSA) is 114 Å². The maximum atomic E-state index is 9.34. The summed E-state index contributed by atoms with van der Waals surface area (Å²) in [6, 6.07) is 17.8. The van der Waals surface area contributed by atoms with Gasteiger partial charge in [-0.15, -0.1) is 5.10 Å². The number of hydrogen-bond donors (Lipinski definition) is 1. The average molecular weight is 481 g/mol. The van der Waals surface area contributed by atoms with E-state index in [1.165, 1.54) is 12.8 Å². The summed E-state index contributed by atoms with van der Waals surface area (Å²) < 4.78 is 7.14. The molecule has 3 aromatic heterocycles. The maximum absolute atomic E-state index is 9.34. The first-order valence-corrected chi connectivity index (χ1v) is 12.2. The van der Waals surface area contributed by atoms with Crippen molar-refractivity contribution in [1.29, 1.82) is 5.26 Å². The molecule has 0 amide bonds. The van der Waals surface area contributed by atoms with Gasteiger partial charge in [0.2, 0.25) is 5.95 Å². The van der Waals surface area contributed by atoms with E-state index < -0.39 is 0 Å². The van der Waals surface area contributed by atoms with E-state index >= 15 is 0 Å². The Balaban J connectivity index is 1.45. The minimum absolute atomic E-state index is 0.0824. The Labute approximate surface area is 210 Å². The minimum Gasteiger partial charge on any atom is -0.375 e. The zero-order valence-corrected chi connectivity index (χ0v) is 20.4. The second-order valence-electron chi connectivity index (χ2n) is 9.01. The zero-order valence-electron chi connectivity index (χ0n) is 20.4. The van der Waals surface area contributed by atoms with Crippen LogP contribution < -0.4 is 5.32 Å². The first kappa shape index (κ1) is 23.6. The number of hydrogen-bond acceptors (Lipinski definition) is 8. The first-order valence-electron chi connectivity index (χ1n) is 12.2. The molecule has 1 fully saturated rings. The summed E-state index contributed by atoms with van der Waals surface area (Å²) in [6.07, 6.45) is 6.42. The molecule has 1 aliphatic carbocycles. The third-order valence-electron chi connectivity index (χ3n) is 6.43. The maximum Gasteiger partial charge on any atom is 0.224 e. The highest BCUT2D eigenvalue weighted by atomic mass is 16.5. The molecule has 1 atom stereocenters. The smallest absolute Gasteiger partial charge is 0.224 e. The fourth-order valence-corrected chi connectivity index (χ4v) is 4.38. The molecule has 0 aliphatic heterocycles. The van der Waals surface area contributed by atoms with Crippen molar-refractivity contribution in [3.63, 3.8) is 0 Å². The quantitative estimate of drug-likeness (QED) is 0.383. The normalized spacial score (nSPS) is 14.5. The Morgan fingerprint density at radius 2 is 1.86 bits per heavy atom. The molecule has 36 heavy (non-hydrogen) atoms. The number of benzene rings is 1. The van der Waals surface area contributed by atoms with Crippen LogP contribution >= 0.6 is 0 Å². The van der Waals surface area contributed by atoms with Crippen LogP contribution in [-0.4, -0.2) is 43.1 Å². The van der Waals surface area contributed by atoms with Gasteiger partial charge in [0.05, 0.1) is 53.3 Å². The van der Waals surface area contributed by atoms with Gasteiger partial charge >= 0.3 is 0 Å². The summed E-state index contributed by atoms with van der Waals surface area (Å²) >= 11 is 0. The number of ether oxygens (including phenoxy) is 1. The lowest BCUT2D eigenvalue weighted by molar-refractivity contribution is 0.116. The van der Waals surface area contributed by atoms with Crippen LogP contribution in [-0.2, 0) is 11.3 Å². The summed E-state index contributed by atoms with van der Waals surface area (Å²) in [6.45, 7) is 2.45. The van der Waals surface area contributed by atoms with Crippen LogP contribution in [0.4, 0.5) is 5.95 Å². The van der Waals surface area contributed by atoms with Gasteiger partial charge in [-0.05, 0) is 50.1 Å². The van der Waals surface area contributed by atoms with E-state index in [4.69, 9.17) is 14.7 Å². The molecule has 0 saturated heterocycles. The number of anilines is 1. The second kappa shape index (κ2) is 10.6. The van der Waals surface area contributed by atoms with Gasteiger partial charge in [-0.2, -0.15) is 5.26 Å². The van der Waals surface area contributed by atoms with Crippen molar-refractivity contribution in [1.82, 2.24) is 29.9 Å². The Bertz CT molecular complexity index is 1390. The number of rotatable bonds is 8. The van der Waals surface area contributed by atoms with Gasteiger partial charge in [-0.1, -0.05) is 36.3 Å². The molecule has 3 heterocycles. The van der Waals surface area contributed by atoms with Crippen molar-refractivity contribution >= 4 is 5.95 Å². The second-order valence-corrected chi connectivity index (χ2v) is 9.01. The summed E-state index contributed by atoms with van der Waals surface area (Å²) in [5, 5.41) is 21.5. The molecular weight excluding hydrogens is 452 g/mol. The molecule has 1 N–H and O–H groups in total. The van der Waals surface area contributed by atoms with Crippen molar-refractivity contribution in [3.05, 3.63) is 71.7 Å². The van der Waals surface area contributed by atoms with Crippen LogP contribution in [0.2, 0.25) is 0 Å². The van der Waals surface area contributed by atoms with Gasteiger partial charge < -0.3 is 10.1 Å². The first-order chi connectivity index (χ1) is 17.6. The van der Waals surface area contributed by atoms with E-state index in [0.29, 0.717) is 35.5 Å². The molecule has 182 valence electrons. The van der Waals surface area contributed by atoms with Gasteiger partial charge in [0, 0.05) is 18.7 Å². The van der Waals surface area contributed by atoms with E-state index in [1.807, 2.05) is 55.6 Å². The summed E-state index contributed by atoms with van der Waals surface area (Å²) in [7, 11) is 1.67. The molecule has 0 spiro atoms. The Morgan fingerprint density at radius 1 is 1.06 bits per heavy atom. The Kier molecular flexibility index (Phi) is 6.96. The number of nitrogens with one attached hydrogen (secondary N) is 1. The van der Waals surface area contributed by atoms with Gasteiger partial charge in [-0.25, -0.2) is 14.6 Å². The van der Waals surface area contributed by atoms with E-state index in [2.05, 4.69) is 26.7 Å². The molecule has 1 aromatic carbocycles. The summed E-state index contributed by atoms with van der Waals surface area (Å²) in [4.78, 5) is 14.2. The number of nitriles is 1. The van der Waals surface area contributed by atoms with Crippen molar-refractivity contribution in [2.24, 2.45) is 0 Å². The predicted octanol–water partition coefficient (Wildman–Crippen LogP) is 4.78. The van der Waals surface area contributed by atoms with Gasteiger partial charge in [0.25, 0.3) is 0 Å². The van der Waals surface area contributed by atoms with Crippen LogP contribution in [0.25, 0.3) is 22.6 Å². The highest BCUT2D eigenvalue weighted by Gasteiger charge is 2.18. The van der Waals surface area contributed by atoms with Gasteiger partial charge in [0.1, 0.15) is 5.69 Å². The molecule has 1 unspecified atom stereocenters. The van der Waals surface area contributed by atoms with Crippen molar-refractivity contribution in [3.8, 4) is 28.7 Å². The van der Waals surface area contributed by atoms with Crippen LogP contribution in [0.1, 0.15) is 55.7 Å². The largest absolute Gasteiger partial charge is 0.375 e. The van der Waals surface area contributed by atoms with E-state index in [1.54, 1.807) is 17.9 Å². The molecule has 1 saturated carbocycles. The third kappa shape index (κ3) is 5.39. The molecule has 0 radical (unpaired) electrons. The molecular formula is C27H28N8O. The standard InChI is InChI=1S/C27H28N8O/c1-18(36-2)23-12-6-11-22(29-23)16-35-17-26(33-34-35)25-14-24(20-8-5-7-19(13-20)15-28)31-27(32-25)30-21-9-3-4-10-21/h5-8,11-14,17-18,21H,3-4,9-10,16H2,1-2H3,(H,30,31,32). The number of methoxy groups -OCH3 is 1. The van der Waals surface area contributed by atoms with Crippen molar-refractivity contribution < 1.29 is 4.74 Å². The Morgan fingerprint density at radius 3 is 2.67 bits per heavy atom. The number of pyridine rings is 1. The molecule has 4 aromatic rings. The zero-order chi connectivity index (χ0) is 24.9. The van der Waals surface area contributed by atoms with Gasteiger partial charge in [-0.3, -0.25) is 4.98 Å². The average Bonchev–Trinajstić information content (AvgIpc) is 3.60. The lowest BCUT2D eigenvalue weighted by Crippen LogP contribution is -2.17. The monoisotopic (exact) mass is 480 g/mol. The van der Waals surface area contributed by atoms with Crippen LogP contribution in [0.3, 0.4) is 0 Å². The number of nitrogens with zero attached hydrogens (tertiary/aromatic N) is 7. The highest BCUT2D eigenvalue weighted by molar-refractivity contribution is 5.68. The lowest BCUT2D eigenvalue weighted by Gasteiger charge is -2.14. The minimum atomic E-state index is -0.0824. The van der Waals surface area contributed by atoms with Crippen molar-refractivity contribution in [2.45, 2.75) is 51.3 Å². The van der Waals surface area contributed by atoms with E-state index in [9.17, 15) is 5.26 Å². The fourth-order valence-electron chi connectivity index (χ4n) is 4.38. The van der Waals surface area contributed by atoms with E-state index in [0.717, 1.165) is 35.5 Å². The lowest BCUT2D eigenvalue weighted by atomic mass is 10.1. The van der Waals surface area contributed by atoms with Crippen molar-refractivity contribution in [2.75, 3.05) is 12.4 Å².